The second kappa shape index (κ2) is 7.69. The maximum absolute atomic E-state index is 11.9. The van der Waals surface area contributed by atoms with Crippen LogP contribution in [-0.4, -0.2) is 23.5 Å². The van der Waals surface area contributed by atoms with Gasteiger partial charge in [0.25, 0.3) is 0 Å². The van der Waals surface area contributed by atoms with Crippen LogP contribution in [0.5, 0.6) is 0 Å². The van der Waals surface area contributed by atoms with E-state index >= 15 is 0 Å². The highest BCUT2D eigenvalue weighted by Crippen LogP contribution is 2.28. The van der Waals surface area contributed by atoms with Crippen molar-refractivity contribution in [1.82, 2.24) is 5.32 Å². The number of halogens is 1. The number of rotatable bonds is 6. The fourth-order valence-electron chi connectivity index (χ4n) is 1.73. The summed E-state index contributed by atoms with van der Waals surface area (Å²) in [5.74, 6) is 0.123. The van der Waals surface area contributed by atoms with Crippen molar-refractivity contribution in [2.45, 2.75) is 31.7 Å². The van der Waals surface area contributed by atoms with Crippen LogP contribution in [0.15, 0.2) is 27.6 Å². The molecular weight excluding hydrogens is 340 g/mol. The Morgan fingerprint density at radius 1 is 1.40 bits per heavy atom. The van der Waals surface area contributed by atoms with E-state index < -0.39 is 6.04 Å². The van der Waals surface area contributed by atoms with Crippen molar-refractivity contribution in [2.75, 3.05) is 11.5 Å². The Bertz CT molecular complexity index is 506. The molecule has 20 heavy (non-hydrogen) atoms. The van der Waals surface area contributed by atoms with Crippen molar-refractivity contribution in [3.8, 4) is 0 Å². The minimum atomic E-state index is -0.428. The highest BCUT2D eigenvalue weighted by Gasteiger charge is 2.20. The van der Waals surface area contributed by atoms with Crippen molar-refractivity contribution in [3.63, 3.8) is 0 Å². The Kier molecular flexibility index (Phi) is 6.55. The maximum Gasteiger partial charge on any atom is 0.230 e. The van der Waals surface area contributed by atoms with E-state index in [2.05, 4.69) is 21.2 Å². The molecule has 1 aromatic rings. The lowest BCUT2D eigenvalue weighted by Gasteiger charge is -2.19. The number of carbonyl (C=O) groups is 2. The lowest BCUT2D eigenvalue weighted by Crippen LogP contribution is -2.44. The van der Waals surface area contributed by atoms with Gasteiger partial charge in [0.1, 0.15) is 0 Å². The van der Waals surface area contributed by atoms with Gasteiger partial charge < -0.3 is 11.1 Å². The zero-order chi connectivity index (χ0) is 15.3. The third kappa shape index (κ3) is 5.17. The molecule has 1 amide bonds. The Morgan fingerprint density at radius 2 is 2.05 bits per heavy atom. The average molecular weight is 359 g/mol. The second-order valence-corrected chi connectivity index (χ2v) is 6.80. The van der Waals surface area contributed by atoms with Crippen LogP contribution in [0.1, 0.15) is 20.8 Å². The lowest BCUT2D eigenvalue weighted by molar-refractivity contribution is -0.126. The Balaban J connectivity index is 2.59. The molecule has 0 bridgehead atoms. The first-order valence-corrected chi connectivity index (χ1v) is 8.06. The van der Waals surface area contributed by atoms with Gasteiger partial charge in [-0.1, -0.05) is 29.8 Å². The number of ketones is 1. The number of Topliss-reactive ketones (excluding diaryl/α,β-unsaturated/α-hetero) is 1. The molecule has 0 aliphatic heterocycles. The van der Waals surface area contributed by atoms with E-state index in [0.717, 1.165) is 9.37 Å². The summed E-state index contributed by atoms with van der Waals surface area (Å²) in [4.78, 5) is 24.2. The minimum Gasteiger partial charge on any atom is -0.398 e. The first-order valence-electron chi connectivity index (χ1n) is 6.29. The van der Waals surface area contributed by atoms with Crippen molar-refractivity contribution < 1.29 is 9.59 Å². The normalized spacial score (nSPS) is 12.2. The highest BCUT2D eigenvalue weighted by atomic mass is 79.9. The summed E-state index contributed by atoms with van der Waals surface area (Å²) in [6, 6.07) is 5.09. The fraction of sp³-hybridized carbons (Fsp3) is 0.429. The summed E-state index contributed by atoms with van der Waals surface area (Å²) in [5.41, 5.74) is 6.48. The zero-order valence-electron chi connectivity index (χ0n) is 11.8. The summed E-state index contributed by atoms with van der Waals surface area (Å²) in [5, 5.41) is 2.76. The lowest BCUT2D eigenvalue weighted by atomic mass is 10.0. The van der Waals surface area contributed by atoms with E-state index in [4.69, 9.17) is 5.73 Å². The van der Waals surface area contributed by atoms with Crippen molar-refractivity contribution in [2.24, 2.45) is 5.92 Å². The molecule has 1 atom stereocenters. The quantitative estimate of drug-likeness (QED) is 0.605. The molecule has 0 aliphatic carbocycles. The van der Waals surface area contributed by atoms with Crippen LogP contribution >= 0.6 is 27.7 Å². The Hall–Kier alpha value is -1.01. The molecule has 0 saturated heterocycles. The van der Waals surface area contributed by atoms with Gasteiger partial charge in [-0.05, 0) is 31.0 Å². The van der Waals surface area contributed by atoms with Gasteiger partial charge in [-0.15, -0.1) is 11.8 Å². The summed E-state index contributed by atoms with van der Waals surface area (Å²) in [6.07, 6.45) is 0. The predicted molar refractivity (Wildman–Crippen MR) is 86.7 cm³/mol. The van der Waals surface area contributed by atoms with Crippen LogP contribution in [0.2, 0.25) is 0 Å². The van der Waals surface area contributed by atoms with Crippen LogP contribution in [0.4, 0.5) is 5.69 Å². The van der Waals surface area contributed by atoms with Gasteiger partial charge in [0.2, 0.25) is 5.91 Å². The minimum absolute atomic E-state index is 0.0275. The number of benzene rings is 1. The molecule has 1 aromatic carbocycles. The van der Waals surface area contributed by atoms with Crippen molar-refractivity contribution in [3.05, 3.63) is 22.7 Å². The molecule has 0 spiro atoms. The number of thioether (sulfide) groups is 1. The highest BCUT2D eigenvalue weighted by molar-refractivity contribution is 9.10. The van der Waals surface area contributed by atoms with Gasteiger partial charge in [0.05, 0.1) is 11.8 Å². The summed E-state index contributed by atoms with van der Waals surface area (Å²) >= 11 is 4.72. The van der Waals surface area contributed by atoms with E-state index in [1.807, 2.05) is 26.0 Å². The third-order valence-electron chi connectivity index (χ3n) is 2.76. The van der Waals surface area contributed by atoms with E-state index in [9.17, 15) is 9.59 Å². The van der Waals surface area contributed by atoms with E-state index in [1.54, 1.807) is 6.07 Å². The van der Waals surface area contributed by atoms with Gasteiger partial charge in [-0.2, -0.15) is 0 Å². The topological polar surface area (TPSA) is 72.2 Å². The summed E-state index contributed by atoms with van der Waals surface area (Å²) < 4.78 is 0.915. The molecule has 4 nitrogen and oxygen atoms in total. The van der Waals surface area contributed by atoms with Gasteiger partial charge in [0, 0.05) is 15.1 Å². The first-order chi connectivity index (χ1) is 9.31. The van der Waals surface area contributed by atoms with Crippen LogP contribution in [0.3, 0.4) is 0 Å². The predicted octanol–water partition coefficient (Wildman–Crippen LogP) is 2.85. The average Bonchev–Trinajstić information content (AvgIpc) is 2.36. The molecule has 6 heteroatoms. The van der Waals surface area contributed by atoms with Gasteiger partial charge in [0.15, 0.2) is 5.78 Å². The summed E-state index contributed by atoms with van der Waals surface area (Å²) in [6.45, 7) is 5.31. The van der Waals surface area contributed by atoms with Crippen molar-refractivity contribution in [1.29, 1.82) is 0 Å². The molecule has 0 radical (unpaired) electrons. The number of carbonyl (C=O) groups excluding carboxylic acids is 2. The standard InChI is InChI=1S/C14H19BrN2O2S/c1-8(2)14(9(3)18)17-13(19)7-20-12-6-10(15)4-5-11(12)16/h4-6,8,14H,7,16H2,1-3H3,(H,17,19). The molecular formula is C14H19BrN2O2S. The molecule has 110 valence electrons. The Labute approximate surface area is 132 Å². The molecule has 1 rings (SSSR count). The molecule has 0 heterocycles. The van der Waals surface area contributed by atoms with Gasteiger partial charge in [-0.25, -0.2) is 0 Å². The third-order valence-corrected chi connectivity index (χ3v) is 4.32. The van der Waals surface area contributed by atoms with Gasteiger partial charge in [-0.3, -0.25) is 9.59 Å². The summed E-state index contributed by atoms with van der Waals surface area (Å²) in [7, 11) is 0. The number of hydrogen-bond acceptors (Lipinski definition) is 4. The maximum atomic E-state index is 11.9. The molecule has 0 aromatic heterocycles. The number of nitrogen functional groups attached to an aromatic ring is 1. The SMILES string of the molecule is CC(=O)C(NC(=O)CSc1cc(Br)ccc1N)C(C)C. The van der Waals surface area contributed by atoms with E-state index in [0.29, 0.717) is 5.69 Å². The zero-order valence-corrected chi connectivity index (χ0v) is 14.2. The monoisotopic (exact) mass is 358 g/mol. The first kappa shape index (κ1) is 17.0. The van der Waals surface area contributed by atoms with Crippen LogP contribution in [0, 0.1) is 5.92 Å². The molecule has 1 unspecified atom stereocenters. The second-order valence-electron chi connectivity index (χ2n) is 4.87. The molecule has 0 aliphatic rings. The van der Waals surface area contributed by atoms with E-state index in [1.165, 1.54) is 18.7 Å². The molecule has 3 N–H and O–H groups in total. The van der Waals surface area contributed by atoms with Crippen molar-refractivity contribution >= 4 is 45.1 Å². The van der Waals surface area contributed by atoms with Crippen LogP contribution in [0.25, 0.3) is 0 Å². The number of anilines is 1. The smallest absolute Gasteiger partial charge is 0.230 e. The molecule has 0 fully saturated rings. The van der Waals surface area contributed by atoms with E-state index in [-0.39, 0.29) is 23.4 Å². The Morgan fingerprint density at radius 3 is 2.60 bits per heavy atom. The largest absolute Gasteiger partial charge is 0.398 e. The number of nitrogens with two attached hydrogens (primary N) is 1. The fourth-order valence-corrected chi connectivity index (χ4v) is 3.06. The van der Waals surface area contributed by atoms with Crippen LogP contribution < -0.4 is 11.1 Å². The van der Waals surface area contributed by atoms with Gasteiger partial charge >= 0.3 is 0 Å². The number of nitrogens with one attached hydrogen (secondary N) is 1. The van der Waals surface area contributed by atoms with Crippen LogP contribution in [-0.2, 0) is 9.59 Å². The number of hydrogen-bond donors (Lipinski definition) is 2. The number of amides is 1. The molecule has 0 saturated carbocycles.